The fourth-order valence-electron chi connectivity index (χ4n) is 6.56. The third-order valence-electron chi connectivity index (χ3n) is 9.23. The Kier molecular flexibility index (Phi) is 11.1. The van der Waals surface area contributed by atoms with E-state index in [4.69, 9.17) is 4.74 Å². The van der Waals surface area contributed by atoms with Gasteiger partial charge in [-0.2, -0.15) is 17.6 Å². The first-order chi connectivity index (χ1) is 22.6. The number of aryl methyl sites for hydroxylation is 1. The van der Waals surface area contributed by atoms with Crippen LogP contribution in [0.3, 0.4) is 0 Å². The van der Waals surface area contributed by atoms with Crippen molar-refractivity contribution in [3.8, 4) is 11.5 Å². The molecule has 2 aliphatic carbocycles. The Morgan fingerprint density at radius 3 is 1.71 bits per heavy atom. The molecule has 0 atom stereocenters. The molecule has 0 N–H and O–H groups in total. The molecule has 0 bridgehead atoms. The van der Waals surface area contributed by atoms with Gasteiger partial charge in [-0.3, -0.25) is 0 Å². The van der Waals surface area contributed by atoms with Gasteiger partial charge in [0.25, 0.3) is 0 Å². The second-order valence-electron chi connectivity index (χ2n) is 12.9. The summed E-state index contributed by atoms with van der Waals surface area (Å²) >= 11 is 0. The number of alkyl halides is 4. The van der Waals surface area contributed by atoms with Crippen LogP contribution >= 0.6 is 10.2 Å². The molecule has 2 saturated carbocycles. The predicted octanol–water partition coefficient (Wildman–Crippen LogP) is 13.5. The lowest BCUT2D eigenvalue weighted by atomic mass is 9.79. The van der Waals surface area contributed by atoms with Crippen LogP contribution in [0.15, 0.2) is 60.0 Å². The number of hydrogen-bond acceptors (Lipinski definition) is 2. The van der Waals surface area contributed by atoms with Crippen LogP contribution in [0.25, 0.3) is 0 Å². The van der Waals surface area contributed by atoms with Crippen molar-refractivity contribution < 1.29 is 59.6 Å². The molecule has 0 unspecified atom stereocenters. The van der Waals surface area contributed by atoms with Gasteiger partial charge < -0.3 is 9.47 Å². The summed E-state index contributed by atoms with van der Waals surface area (Å²) in [4.78, 5) is -3.43. The summed E-state index contributed by atoms with van der Waals surface area (Å²) in [5.74, 6) is -10.1. The summed E-state index contributed by atoms with van der Waals surface area (Å²) in [5.41, 5.74) is 0.269. The molecule has 15 heteroatoms. The maximum absolute atomic E-state index is 14.8. The minimum Gasteiger partial charge on any atom is -0.432 e. The van der Waals surface area contributed by atoms with Crippen molar-refractivity contribution in [2.24, 2.45) is 23.7 Å². The lowest BCUT2D eigenvalue weighted by molar-refractivity contribution is -0.224. The summed E-state index contributed by atoms with van der Waals surface area (Å²) in [6, 6.07) is 2.88. The van der Waals surface area contributed by atoms with Gasteiger partial charge in [-0.15, -0.1) is 6.58 Å². The quantitative estimate of drug-likeness (QED) is 0.142. The Labute approximate surface area is 277 Å². The third-order valence-corrected chi connectivity index (χ3v) is 10.4. The number of hydrogen-bond donors (Lipinski definition) is 0. The molecule has 2 nitrogen and oxygen atoms in total. The summed E-state index contributed by atoms with van der Waals surface area (Å²) < 4.78 is 175. The van der Waals surface area contributed by atoms with E-state index in [0.717, 1.165) is 18.9 Å². The Balaban J connectivity index is 1.23. The van der Waals surface area contributed by atoms with E-state index in [1.165, 1.54) is 12.1 Å². The van der Waals surface area contributed by atoms with Gasteiger partial charge in [-0.05, 0) is 101 Å². The summed E-state index contributed by atoms with van der Waals surface area (Å²) in [7, 11) is -10.8. The van der Waals surface area contributed by atoms with Crippen LogP contribution in [-0.4, -0.2) is 12.2 Å². The second-order valence-corrected chi connectivity index (χ2v) is 15.3. The average molecular weight is 739 g/mol. The van der Waals surface area contributed by atoms with E-state index in [-0.39, 0.29) is 61.5 Å². The minimum atomic E-state index is -10.8. The SMILES string of the molecule is C=CCCC1CCC(C(F)(F)Oc2ccc(CC/C=C/C3CCC(C(F)(F)Oc4cc(F)c(S(F)(F)(F)(F)F)c(F)c4)CC3)c(F)c2)CC1. The molecule has 0 amide bonds. The highest BCUT2D eigenvalue weighted by atomic mass is 32.5. The first kappa shape index (κ1) is 38.8. The largest absolute Gasteiger partial charge is 0.432 e. The number of benzene rings is 2. The van der Waals surface area contributed by atoms with E-state index >= 15 is 0 Å². The van der Waals surface area contributed by atoms with Crippen LogP contribution in [-0.2, 0) is 6.42 Å². The van der Waals surface area contributed by atoms with E-state index < -0.39 is 62.4 Å². The van der Waals surface area contributed by atoms with Crippen LogP contribution in [0.2, 0.25) is 0 Å². The van der Waals surface area contributed by atoms with Gasteiger partial charge in [0.2, 0.25) is 0 Å². The van der Waals surface area contributed by atoms with E-state index in [9.17, 15) is 50.2 Å². The molecule has 0 spiro atoms. The molecule has 2 aromatic carbocycles. The maximum atomic E-state index is 14.8. The Hall–Kier alpha value is -2.97. The average Bonchev–Trinajstić information content (AvgIpc) is 2.97. The molecule has 49 heavy (non-hydrogen) atoms. The van der Waals surface area contributed by atoms with Gasteiger partial charge in [0, 0.05) is 18.2 Å². The molecule has 2 aliphatic rings. The second kappa shape index (κ2) is 14.0. The van der Waals surface area contributed by atoms with E-state index in [1.807, 2.05) is 6.08 Å². The first-order valence-electron chi connectivity index (χ1n) is 16.0. The molecule has 0 aliphatic heterocycles. The third kappa shape index (κ3) is 10.5. The molecule has 276 valence electrons. The highest BCUT2D eigenvalue weighted by molar-refractivity contribution is 8.45. The van der Waals surface area contributed by atoms with Crippen LogP contribution in [0, 0.1) is 41.1 Å². The zero-order valence-corrected chi connectivity index (χ0v) is 27.2. The maximum Gasteiger partial charge on any atom is 0.400 e. The van der Waals surface area contributed by atoms with Crippen molar-refractivity contribution in [2.45, 2.75) is 94.2 Å². The lowest BCUT2D eigenvalue weighted by Gasteiger charge is -2.40. The fraction of sp³-hybridized carbons (Fsp3) is 0.529. The lowest BCUT2D eigenvalue weighted by Crippen LogP contribution is -2.37. The van der Waals surface area contributed by atoms with Gasteiger partial charge in [-0.1, -0.05) is 43.7 Å². The van der Waals surface area contributed by atoms with Crippen molar-refractivity contribution in [3.63, 3.8) is 0 Å². The standard InChI is InChI=1S/C34H38F12O2S/c1-2-3-6-22-9-14-25(15-10-22)33(38,39)47-27-18-13-24(29(35)19-27)8-5-4-7-23-11-16-26(17-12-23)34(40,41)48-28-20-30(36)32(31(37)21-28)49(42,43,44,45)46/h2,4,7,13,18-23,25-26H,1,3,5-6,8-12,14-17H2/b7-4+. The number of halogens is 12. The van der Waals surface area contributed by atoms with Gasteiger partial charge in [-0.25, -0.2) is 13.2 Å². The Morgan fingerprint density at radius 1 is 0.694 bits per heavy atom. The smallest absolute Gasteiger partial charge is 0.400 e. The van der Waals surface area contributed by atoms with Gasteiger partial charge in [0.05, 0.1) is 11.8 Å². The van der Waals surface area contributed by atoms with Crippen molar-refractivity contribution >= 4 is 10.2 Å². The Bertz CT molecular complexity index is 1470. The summed E-state index contributed by atoms with van der Waals surface area (Å²) in [6.07, 6.45) is 2.33. The molecule has 0 aromatic heterocycles. The molecular weight excluding hydrogens is 700 g/mol. The normalized spacial score (nSPS) is 23.9. The zero-order valence-electron chi connectivity index (χ0n) is 26.4. The van der Waals surface area contributed by atoms with Gasteiger partial charge in [0.1, 0.15) is 17.3 Å². The Morgan fingerprint density at radius 2 is 1.20 bits per heavy atom. The monoisotopic (exact) mass is 738 g/mol. The molecule has 4 rings (SSSR count). The molecular formula is C34H38F12O2S. The minimum absolute atomic E-state index is 0.131. The summed E-state index contributed by atoms with van der Waals surface area (Å²) in [5, 5.41) is 0. The summed E-state index contributed by atoms with van der Waals surface area (Å²) in [6.45, 7) is 3.68. The molecule has 2 fully saturated rings. The van der Waals surface area contributed by atoms with Crippen LogP contribution in [0.5, 0.6) is 11.5 Å². The highest BCUT2D eigenvalue weighted by Crippen LogP contribution is 3.02. The molecule has 0 saturated heterocycles. The van der Waals surface area contributed by atoms with Crippen LogP contribution < -0.4 is 9.47 Å². The van der Waals surface area contributed by atoms with E-state index in [2.05, 4.69) is 11.3 Å². The number of ether oxygens (including phenoxy) is 2. The first-order valence-corrected chi connectivity index (χ1v) is 18.0. The van der Waals surface area contributed by atoms with Crippen LogP contribution in [0.1, 0.15) is 76.2 Å². The number of allylic oxidation sites excluding steroid dienone is 3. The van der Waals surface area contributed by atoms with Crippen molar-refractivity contribution in [3.05, 3.63) is 78.2 Å². The predicted molar refractivity (Wildman–Crippen MR) is 163 cm³/mol. The zero-order chi connectivity index (χ0) is 36.3. The fourth-order valence-corrected chi connectivity index (χ4v) is 7.41. The van der Waals surface area contributed by atoms with Crippen LogP contribution in [0.4, 0.5) is 50.2 Å². The number of rotatable bonds is 14. The molecule has 2 aromatic rings. The molecule has 0 heterocycles. The van der Waals surface area contributed by atoms with Gasteiger partial charge >= 0.3 is 22.4 Å². The van der Waals surface area contributed by atoms with Crippen molar-refractivity contribution in [2.75, 3.05) is 0 Å². The topological polar surface area (TPSA) is 18.5 Å². The highest BCUT2D eigenvalue weighted by Gasteiger charge is 2.69. The van der Waals surface area contributed by atoms with Gasteiger partial charge in [0.15, 0.2) is 16.5 Å². The van der Waals surface area contributed by atoms with Crippen molar-refractivity contribution in [1.82, 2.24) is 0 Å². The van der Waals surface area contributed by atoms with E-state index in [1.54, 1.807) is 12.2 Å². The van der Waals surface area contributed by atoms with E-state index in [0.29, 0.717) is 38.0 Å². The van der Waals surface area contributed by atoms with Crippen molar-refractivity contribution in [1.29, 1.82) is 0 Å². The molecule has 0 radical (unpaired) electrons.